The first-order valence-electron chi connectivity index (χ1n) is 13.6. The number of hydrogen-bond acceptors (Lipinski definition) is 3. The molecule has 0 aliphatic carbocycles. The Morgan fingerprint density at radius 2 is 0.725 bits per heavy atom. The van der Waals surface area contributed by atoms with Gasteiger partial charge in [-0.25, -0.2) is 15.0 Å². The Bertz CT molecular complexity index is 1700. The number of hydrogen-bond donors (Lipinski definition) is 0. The smallest absolute Gasteiger partial charge is 0.164 e. The third kappa shape index (κ3) is 5.53. The van der Waals surface area contributed by atoms with E-state index in [9.17, 15) is 0 Å². The minimum atomic E-state index is -1.38. The lowest BCUT2D eigenvalue weighted by molar-refractivity contribution is 1.07. The fraction of sp³-hybridized carbons (Fsp3) is 0.0833. The lowest BCUT2D eigenvalue weighted by Gasteiger charge is -2.17. The zero-order chi connectivity index (χ0) is 27.5. The molecule has 0 amide bonds. The summed E-state index contributed by atoms with van der Waals surface area (Å²) in [6, 6.07) is 46.5. The molecule has 0 saturated carbocycles. The summed E-state index contributed by atoms with van der Waals surface area (Å²) in [6.07, 6.45) is 0. The average molecular weight is 534 g/mol. The third-order valence-corrected chi connectivity index (χ3v) is 9.14. The van der Waals surface area contributed by atoms with Crippen LogP contribution in [0.2, 0.25) is 19.6 Å². The number of benzene rings is 5. The maximum Gasteiger partial charge on any atom is 0.164 e. The molecule has 194 valence electrons. The van der Waals surface area contributed by atoms with Crippen LogP contribution >= 0.6 is 0 Å². The second-order valence-corrected chi connectivity index (χ2v) is 16.1. The second kappa shape index (κ2) is 10.8. The highest BCUT2D eigenvalue weighted by atomic mass is 28.3. The van der Waals surface area contributed by atoms with Gasteiger partial charge < -0.3 is 0 Å². The fourth-order valence-electron chi connectivity index (χ4n) is 4.79. The lowest BCUT2D eigenvalue weighted by Crippen LogP contribution is -2.37. The number of nitrogens with zero attached hydrogens (tertiary/aromatic N) is 3. The summed E-state index contributed by atoms with van der Waals surface area (Å²) in [4.78, 5) is 14.5. The summed E-state index contributed by atoms with van der Waals surface area (Å²) in [5.41, 5.74) is 7.75. The van der Waals surface area contributed by atoms with E-state index in [4.69, 9.17) is 15.0 Å². The Morgan fingerprint density at radius 3 is 1.23 bits per heavy atom. The molecule has 1 aromatic heterocycles. The van der Waals surface area contributed by atoms with Crippen molar-refractivity contribution in [2.45, 2.75) is 19.6 Å². The summed E-state index contributed by atoms with van der Waals surface area (Å²) < 4.78 is 0. The van der Waals surface area contributed by atoms with E-state index in [1.807, 2.05) is 60.7 Å². The highest BCUT2D eigenvalue weighted by Crippen LogP contribution is 2.29. The van der Waals surface area contributed by atoms with Crippen LogP contribution < -0.4 is 5.19 Å². The van der Waals surface area contributed by atoms with E-state index in [1.165, 1.54) is 21.9 Å². The van der Waals surface area contributed by atoms with Crippen LogP contribution in [-0.2, 0) is 0 Å². The molecule has 0 atom stereocenters. The molecule has 4 heteroatoms. The molecule has 0 saturated heterocycles. The van der Waals surface area contributed by atoms with Gasteiger partial charge in [-0.3, -0.25) is 0 Å². The predicted molar refractivity (Wildman–Crippen MR) is 170 cm³/mol. The summed E-state index contributed by atoms with van der Waals surface area (Å²) >= 11 is 0. The van der Waals surface area contributed by atoms with E-state index in [0.29, 0.717) is 17.5 Å². The third-order valence-electron chi connectivity index (χ3n) is 7.10. The van der Waals surface area contributed by atoms with E-state index >= 15 is 0 Å². The Hall–Kier alpha value is -4.67. The van der Waals surface area contributed by atoms with Crippen molar-refractivity contribution in [2.75, 3.05) is 0 Å². The molecule has 6 rings (SSSR count). The standard InChI is InChI=1S/C36H31N3Si/c1-40(2,3)33-19-11-18-32(25-33)31-17-10-16-30(24-31)26-20-22-29(23-21-26)36-38-34(27-12-6-4-7-13-27)37-35(39-36)28-14-8-5-9-15-28/h4-25H,1-3H3. The van der Waals surface area contributed by atoms with Gasteiger partial charge in [0, 0.05) is 16.7 Å². The van der Waals surface area contributed by atoms with Crippen molar-refractivity contribution in [1.82, 2.24) is 15.0 Å². The maximum atomic E-state index is 4.86. The SMILES string of the molecule is C[Si](C)(C)c1cccc(-c2cccc(-c3ccc(-c4nc(-c5ccccc5)nc(-c5ccccc5)n4)cc3)c2)c1. The molecular weight excluding hydrogens is 503 g/mol. The zero-order valence-electron chi connectivity index (χ0n) is 23.0. The van der Waals surface area contributed by atoms with Crippen LogP contribution in [0.3, 0.4) is 0 Å². The number of rotatable bonds is 6. The summed E-state index contributed by atoms with van der Waals surface area (Å²) in [7, 11) is -1.38. The van der Waals surface area contributed by atoms with Gasteiger partial charge >= 0.3 is 0 Å². The Labute approximate surface area is 237 Å². The van der Waals surface area contributed by atoms with Crippen molar-refractivity contribution in [1.29, 1.82) is 0 Å². The van der Waals surface area contributed by atoms with E-state index in [1.54, 1.807) is 0 Å². The van der Waals surface area contributed by atoms with Crippen molar-refractivity contribution < 1.29 is 0 Å². The van der Waals surface area contributed by atoms with Gasteiger partial charge in [0.25, 0.3) is 0 Å². The molecular formula is C36H31N3Si. The maximum absolute atomic E-state index is 4.86. The van der Waals surface area contributed by atoms with Crippen LogP contribution in [0.25, 0.3) is 56.4 Å². The summed E-state index contributed by atoms with van der Waals surface area (Å²) in [5.74, 6) is 2.00. The van der Waals surface area contributed by atoms with E-state index in [-0.39, 0.29) is 0 Å². The molecule has 0 spiro atoms. The molecule has 0 N–H and O–H groups in total. The van der Waals surface area contributed by atoms with Gasteiger partial charge in [-0.1, -0.05) is 152 Å². The van der Waals surface area contributed by atoms with E-state index in [2.05, 4.69) is 92.4 Å². The van der Waals surface area contributed by atoms with Gasteiger partial charge in [0.15, 0.2) is 17.5 Å². The van der Waals surface area contributed by atoms with Crippen molar-refractivity contribution >= 4 is 13.3 Å². The molecule has 0 aliphatic rings. The molecule has 1 heterocycles. The van der Waals surface area contributed by atoms with Gasteiger partial charge in [0.05, 0.1) is 8.07 Å². The molecule has 0 bridgehead atoms. The van der Waals surface area contributed by atoms with Crippen LogP contribution in [0.1, 0.15) is 0 Å². The van der Waals surface area contributed by atoms with E-state index < -0.39 is 8.07 Å². The molecule has 0 aliphatic heterocycles. The van der Waals surface area contributed by atoms with Gasteiger partial charge in [-0.05, 0) is 28.3 Å². The van der Waals surface area contributed by atoms with Crippen LogP contribution in [0, 0.1) is 0 Å². The molecule has 0 unspecified atom stereocenters. The van der Waals surface area contributed by atoms with Crippen LogP contribution in [0.4, 0.5) is 0 Å². The van der Waals surface area contributed by atoms with Crippen molar-refractivity contribution in [3.8, 4) is 56.4 Å². The molecule has 6 aromatic rings. The molecule has 3 nitrogen and oxygen atoms in total. The highest BCUT2D eigenvalue weighted by molar-refractivity contribution is 6.88. The zero-order valence-corrected chi connectivity index (χ0v) is 24.0. The lowest BCUT2D eigenvalue weighted by atomic mass is 9.98. The largest absolute Gasteiger partial charge is 0.208 e. The predicted octanol–water partition coefficient (Wildman–Crippen LogP) is 8.75. The molecule has 5 aromatic carbocycles. The van der Waals surface area contributed by atoms with Crippen molar-refractivity contribution in [3.63, 3.8) is 0 Å². The quantitative estimate of drug-likeness (QED) is 0.201. The first-order chi connectivity index (χ1) is 19.4. The van der Waals surface area contributed by atoms with Crippen LogP contribution in [0.5, 0.6) is 0 Å². The second-order valence-electron chi connectivity index (χ2n) is 11.0. The van der Waals surface area contributed by atoms with Crippen LogP contribution in [-0.4, -0.2) is 23.0 Å². The molecule has 0 fully saturated rings. The fourth-order valence-corrected chi connectivity index (χ4v) is 5.98. The topological polar surface area (TPSA) is 38.7 Å². The first-order valence-corrected chi connectivity index (χ1v) is 17.1. The van der Waals surface area contributed by atoms with Crippen molar-refractivity contribution in [3.05, 3.63) is 133 Å². The van der Waals surface area contributed by atoms with Gasteiger partial charge in [0.2, 0.25) is 0 Å². The molecule has 0 radical (unpaired) electrons. The van der Waals surface area contributed by atoms with Gasteiger partial charge in [-0.15, -0.1) is 0 Å². The normalized spacial score (nSPS) is 11.4. The van der Waals surface area contributed by atoms with E-state index in [0.717, 1.165) is 22.3 Å². The monoisotopic (exact) mass is 533 g/mol. The molecule has 40 heavy (non-hydrogen) atoms. The minimum absolute atomic E-state index is 0.663. The first kappa shape index (κ1) is 25.6. The average Bonchev–Trinajstić information content (AvgIpc) is 3.01. The Balaban J connectivity index is 1.35. The van der Waals surface area contributed by atoms with Gasteiger partial charge in [0.1, 0.15) is 0 Å². The number of aromatic nitrogens is 3. The minimum Gasteiger partial charge on any atom is -0.208 e. The Morgan fingerprint density at radius 1 is 0.350 bits per heavy atom. The summed E-state index contributed by atoms with van der Waals surface area (Å²) in [5, 5.41) is 1.47. The van der Waals surface area contributed by atoms with Crippen LogP contribution in [0.15, 0.2) is 133 Å². The van der Waals surface area contributed by atoms with Crippen molar-refractivity contribution in [2.24, 2.45) is 0 Å². The highest BCUT2D eigenvalue weighted by Gasteiger charge is 2.17. The summed E-state index contributed by atoms with van der Waals surface area (Å²) in [6.45, 7) is 7.17. The Kier molecular flexibility index (Phi) is 6.93. The van der Waals surface area contributed by atoms with Gasteiger partial charge in [-0.2, -0.15) is 0 Å².